The van der Waals surface area contributed by atoms with E-state index in [9.17, 15) is 14.0 Å². The molecule has 6 nitrogen and oxygen atoms in total. The molecule has 0 fully saturated rings. The van der Waals surface area contributed by atoms with Crippen LogP contribution in [0.3, 0.4) is 0 Å². The van der Waals surface area contributed by atoms with Crippen molar-refractivity contribution < 1.29 is 18.7 Å². The molecule has 0 bridgehead atoms. The molecule has 0 aliphatic rings. The summed E-state index contributed by atoms with van der Waals surface area (Å²) in [6, 6.07) is 4.71. The number of carbonyl (C=O) groups is 2. The Morgan fingerprint density at radius 1 is 1.40 bits per heavy atom. The second-order valence-corrected chi connectivity index (χ2v) is 7.11. The quantitative estimate of drug-likeness (QED) is 0.688. The number of hydrogen-bond acceptors (Lipinski definition) is 6. The number of primary amides is 1. The minimum Gasteiger partial charge on any atom is -0.380 e. The Balaban J connectivity index is 1.91. The number of rotatable bonds is 6. The van der Waals surface area contributed by atoms with Crippen molar-refractivity contribution in [1.82, 2.24) is 4.98 Å². The van der Waals surface area contributed by atoms with Crippen molar-refractivity contribution in [2.45, 2.75) is 13.0 Å². The summed E-state index contributed by atoms with van der Waals surface area (Å²) >= 11 is 2.39. The number of halogens is 1. The van der Waals surface area contributed by atoms with Gasteiger partial charge in [-0.3, -0.25) is 14.9 Å². The molecule has 2 amide bonds. The number of nitrogens with one attached hydrogen (secondary N) is 1. The van der Waals surface area contributed by atoms with E-state index in [4.69, 9.17) is 10.5 Å². The molecule has 0 unspecified atom stereocenters. The number of carbonyl (C=O) groups excluding carboxylic acids is 2. The number of nitrogens with two attached hydrogens (primary N) is 1. The fraction of sp³-hybridized carbons (Fsp3) is 0.188. The van der Waals surface area contributed by atoms with E-state index < -0.39 is 17.6 Å². The van der Waals surface area contributed by atoms with Crippen LogP contribution in [0.15, 0.2) is 23.6 Å². The standard InChI is InChI=1S/C16H14FN3O3S2/c1-23-6-9-13-10(17)3-2-4-11(13)25-14(9)15(22)20-16-19-8(7-24-16)5-12(18)21/h2-4,7H,5-6H2,1H3,(H2,18,21)(H,19,20,22). The van der Waals surface area contributed by atoms with E-state index in [0.29, 0.717) is 31.4 Å². The number of amides is 2. The Hall–Kier alpha value is -2.36. The van der Waals surface area contributed by atoms with Crippen molar-refractivity contribution in [2.75, 3.05) is 12.4 Å². The molecule has 0 aliphatic carbocycles. The zero-order valence-corrected chi connectivity index (χ0v) is 14.8. The normalized spacial score (nSPS) is 11.0. The van der Waals surface area contributed by atoms with E-state index in [2.05, 4.69) is 10.3 Å². The zero-order valence-electron chi connectivity index (χ0n) is 13.2. The summed E-state index contributed by atoms with van der Waals surface area (Å²) in [5.74, 6) is -1.28. The summed E-state index contributed by atoms with van der Waals surface area (Å²) < 4.78 is 20.0. The molecule has 25 heavy (non-hydrogen) atoms. The summed E-state index contributed by atoms with van der Waals surface area (Å²) in [6.07, 6.45) is 0.00932. The van der Waals surface area contributed by atoms with Gasteiger partial charge in [-0.15, -0.1) is 22.7 Å². The third-order valence-electron chi connectivity index (χ3n) is 3.39. The molecule has 3 N–H and O–H groups in total. The molecular formula is C16H14FN3O3S2. The predicted octanol–water partition coefficient (Wildman–Crippen LogP) is 2.92. The van der Waals surface area contributed by atoms with Crippen LogP contribution >= 0.6 is 22.7 Å². The van der Waals surface area contributed by atoms with Crippen molar-refractivity contribution in [1.29, 1.82) is 0 Å². The summed E-state index contributed by atoms with van der Waals surface area (Å²) in [5.41, 5.74) is 6.13. The van der Waals surface area contributed by atoms with Gasteiger partial charge in [0.2, 0.25) is 5.91 Å². The third kappa shape index (κ3) is 3.68. The van der Waals surface area contributed by atoms with E-state index in [1.165, 1.54) is 35.8 Å². The maximum atomic E-state index is 14.2. The Labute approximate surface area is 150 Å². The van der Waals surface area contributed by atoms with Gasteiger partial charge in [0.25, 0.3) is 5.91 Å². The third-order valence-corrected chi connectivity index (χ3v) is 5.39. The molecule has 1 aromatic carbocycles. The van der Waals surface area contributed by atoms with Crippen molar-refractivity contribution in [3.8, 4) is 0 Å². The largest absolute Gasteiger partial charge is 0.380 e. The number of methoxy groups -OCH3 is 1. The molecule has 3 aromatic rings. The van der Waals surface area contributed by atoms with Gasteiger partial charge in [-0.2, -0.15) is 0 Å². The van der Waals surface area contributed by atoms with Crippen LogP contribution in [0.5, 0.6) is 0 Å². The molecule has 0 radical (unpaired) electrons. The molecule has 0 atom stereocenters. The lowest BCUT2D eigenvalue weighted by Crippen LogP contribution is -2.15. The van der Waals surface area contributed by atoms with E-state index in [0.717, 1.165) is 0 Å². The van der Waals surface area contributed by atoms with E-state index in [1.807, 2.05) is 0 Å². The Bertz CT molecular complexity index is 951. The van der Waals surface area contributed by atoms with Crippen molar-refractivity contribution >= 4 is 49.7 Å². The highest BCUT2D eigenvalue weighted by atomic mass is 32.1. The van der Waals surface area contributed by atoms with Gasteiger partial charge in [0.15, 0.2) is 5.13 Å². The molecule has 0 saturated carbocycles. The summed E-state index contributed by atoms with van der Waals surface area (Å²) in [4.78, 5) is 28.1. The minimum atomic E-state index is -0.495. The molecule has 0 aliphatic heterocycles. The van der Waals surface area contributed by atoms with Crippen molar-refractivity contribution in [2.24, 2.45) is 5.73 Å². The van der Waals surface area contributed by atoms with Crippen LogP contribution in [0, 0.1) is 5.82 Å². The smallest absolute Gasteiger partial charge is 0.267 e. The fourth-order valence-corrected chi connectivity index (χ4v) is 4.23. The van der Waals surface area contributed by atoms with Gasteiger partial charge < -0.3 is 10.5 Å². The maximum Gasteiger partial charge on any atom is 0.267 e. The highest BCUT2D eigenvalue weighted by Gasteiger charge is 2.21. The van der Waals surface area contributed by atoms with E-state index in [1.54, 1.807) is 17.5 Å². The Kier molecular flexibility index (Phi) is 5.07. The number of hydrogen-bond donors (Lipinski definition) is 2. The number of anilines is 1. The van der Waals surface area contributed by atoms with Crippen molar-refractivity contribution in [3.63, 3.8) is 0 Å². The highest BCUT2D eigenvalue weighted by Crippen LogP contribution is 2.34. The van der Waals surface area contributed by atoms with Gasteiger partial charge in [0.05, 0.1) is 23.6 Å². The van der Waals surface area contributed by atoms with Crippen LogP contribution in [0.2, 0.25) is 0 Å². The lowest BCUT2D eigenvalue weighted by atomic mass is 10.1. The molecule has 0 spiro atoms. The first-order valence-electron chi connectivity index (χ1n) is 7.22. The average molecular weight is 379 g/mol. The minimum absolute atomic E-state index is 0.00932. The first kappa shape index (κ1) is 17.5. The van der Waals surface area contributed by atoms with Gasteiger partial charge in [-0.1, -0.05) is 6.07 Å². The summed E-state index contributed by atoms with van der Waals surface area (Å²) in [6.45, 7) is 0.120. The van der Waals surface area contributed by atoms with Crippen LogP contribution in [-0.4, -0.2) is 23.9 Å². The zero-order chi connectivity index (χ0) is 18.0. The van der Waals surface area contributed by atoms with Crippen molar-refractivity contribution in [3.05, 3.63) is 45.5 Å². The predicted molar refractivity (Wildman–Crippen MR) is 95.5 cm³/mol. The highest BCUT2D eigenvalue weighted by molar-refractivity contribution is 7.21. The number of aromatic nitrogens is 1. The first-order valence-corrected chi connectivity index (χ1v) is 8.92. The molecule has 3 rings (SSSR count). The lowest BCUT2D eigenvalue weighted by Gasteiger charge is -2.04. The number of thiophene rings is 1. The summed E-state index contributed by atoms with van der Waals surface area (Å²) in [7, 11) is 1.49. The Morgan fingerprint density at radius 2 is 2.20 bits per heavy atom. The molecule has 9 heteroatoms. The fourth-order valence-electron chi connectivity index (χ4n) is 2.41. The number of thiazole rings is 1. The van der Waals surface area contributed by atoms with Crippen LogP contribution in [0.1, 0.15) is 20.9 Å². The number of fused-ring (bicyclic) bond motifs is 1. The topological polar surface area (TPSA) is 94.3 Å². The van der Waals surface area contributed by atoms with Gasteiger partial charge in [0.1, 0.15) is 5.82 Å². The van der Waals surface area contributed by atoms with E-state index in [-0.39, 0.29) is 13.0 Å². The molecule has 2 aromatic heterocycles. The lowest BCUT2D eigenvalue weighted by molar-refractivity contribution is -0.117. The summed E-state index contributed by atoms with van der Waals surface area (Å²) in [5, 5.41) is 5.08. The van der Waals surface area contributed by atoms with Crippen LogP contribution in [0.4, 0.5) is 9.52 Å². The first-order chi connectivity index (χ1) is 12.0. The Morgan fingerprint density at radius 3 is 2.92 bits per heavy atom. The van der Waals surface area contributed by atoms with E-state index >= 15 is 0 Å². The molecule has 130 valence electrons. The van der Waals surface area contributed by atoms with Gasteiger partial charge in [0, 0.05) is 28.1 Å². The van der Waals surface area contributed by atoms with Crippen LogP contribution in [0.25, 0.3) is 10.1 Å². The number of benzene rings is 1. The molecule has 0 saturated heterocycles. The number of ether oxygens (including phenoxy) is 1. The average Bonchev–Trinajstić information content (AvgIpc) is 3.13. The van der Waals surface area contributed by atoms with Crippen LogP contribution in [-0.2, 0) is 22.6 Å². The van der Waals surface area contributed by atoms with Gasteiger partial charge >= 0.3 is 0 Å². The second kappa shape index (κ2) is 7.26. The molecule has 2 heterocycles. The van der Waals surface area contributed by atoms with Gasteiger partial charge in [-0.25, -0.2) is 9.37 Å². The SMILES string of the molecule is COCc1c(C(=O)Nc2nc(CC(N)=O)cs2)sc2cccc(F)c12. The van der Waals surface area contributed by atoms with Crippen LogP contribution < -0.4 is 11.1 Å². The maximum absolute atomic E-state index is 14.2. The monoisotopic (exact) mass is 379 g/mol. The second-order valence-electron chi connectivity index (χ2n) is 5.20. The molecular weight excluding hydrogens is 365 g/mol. The number of nitrogens with zero attached hydrogens (tertiary/aromatic N) is 1. The van der Waals surface area contributed by atoms with Gasteiger partial charge in [-0.05, 0) is 12.1 Å².